The molecule has 0 fully saturated rings. The lowest BCUT2D eigenvalue weighted by Crippen LogP contribution is -2.12. The van der Waals surface area contributed by atoms with Crippen LogP contribution in [0, 0.1) is 11.7 Å². The molecule has 1 unspecified atom stereocenters. The summed E-state index contributed by atoms with van der Waals surface area (Å²) >= 11 is 0. The topological polar surface area (TPSA) is 0 Å². The minimum absolute atomic E-state index is 0.0148. The highest BCUT2D eigenvalue weighted by molar-refractivity contribution is 5.30. The highest BCUT2D eigenvalue weighted by atomic mass is 19.1. The lowest BCUT2D eigenvalue weighted by Gasteiger charge is -2.21. The van der Waals surface area contributed by atoms with Gasteiger partial charge in [0.25, 0.3) is 0 Å². The van der Waals surface area contributed by atoms with Crippen LogP contribution < -0.4 is 0 Å². The van der Waals surface area contributed by atoms with Crippen molar-refractivity contribution in [3.05, 3.63) is 35.1 Å². The van der Waals surface area contributed by atoms with E-state index in [1.807, 2.05) is 26.0 Å². The summed E-state index contributed by atoms with van der Waals surface area (Å²) in [6, 6.07) is 5.42. The highest BCUT2D eigenvalue weighted by Crippen LogP contribution is 2.26. The summed E-state index contributed by atoms with van der Waals surface area (Å²) < 4.78 is 13.2. The molecule has 1 heteroatoms. The molecule has 0 amide bonds. The molecular formula is C13H19F. The highest BCUT2D eigenvalue weighted by Gasteiger charge is 2.17. The van der Waals surface area contributed by atoms with Crippen LogP contribution in [-0.4, -0.2) is 0 Å². The van der Waals surface area contributed by atoms with Gasteiger partial charge < -0.3 is 0 Å². The van der Waals surface area contributed by atoms with E-state index >= 15 is 0 Å². The van der Waals surface area contributed by atoms with E-state index in [-0.39, 0.29) is 5.82 Å². The molecule has 1 aromatic rings. The summed E-state index contributed by atoms with van der Waals surface area (Å²) in [6.45, 7) is 6.19. The Morgan fingerprint density at radius 1 is 1.29 bits per heavy atom. The van der Waals surface area contributed by atoms with E-state index in [2.05, 4.69) is 6.92 Å². The van der Waals surface area contributed by atoms with Crippen molar-refractivity contribution in [2.45, 2.75) is 40.0 Å². The molecule has 0 radical (unpaired) electrons. The molecule has 1 aliphatic rings. The zero-order valence-electron chi connectivity index (χ0n) is 9.31. The van der Waals surface area contributed by atoms with Crippen LogP contribution in [0.1, 0.15) is 38.3 Å². The lowest BCUT2D eigenvalue weighted by atomic mass is 9.85. The number of aryl methyl sites for hydroxylation is 1. The molecule has 0 aromatic heterocycles. The van der Waals surface area contributed by atoms with E-state index in [1.54, 1.807) is 6.07 Å². The second-order valence-electron chi connectivity index (χ2n) is 3.73. The van der Waals surface area contributed by atoms with Crippen LogP contribution in [0.25, 0.3) is 0 Å². The third-order valence-corrected chi connectivity index (χ3v) is 2.67. The van der Waals surface area contributed by atoms with Gasteiger partial charge >= 0.3 is 0 Å². The van der Waals surface area contributed by atoms with Gasteiger partial charge in [-0.1, -0.05) is 32.9 Å². The zero-order valence-corrected chi connectivity index (χ0v) is 9.31. The summed E-state index contributed by atoms with van der Waals surface area (Å²) in [6.07, 6.45) is 3.17. The van der Waals surface area contributed by atoms with Gasteiger partial charge in [0, 0.05) is 0 Å². The van der Waals surface area contributed by atoms with Crippen LogP contribution in [0.5, 0.6) is 0 Å². The van der Waals surface area contributed by atoms with Crippen molar-refractivity contribution in [3.8, 4) is 0 Å². The van der Waals surface area contributed by atoms with Gasteiger partial charge in [-0.25, -0.2) is 4.39 Å². The SMILES string of the molecule is CC.CC1CCc2cccc(F)c2C1. The maximum absolute atomic E-state index is 13.2. The van der Waals surface area contributed by atoms with Crippen LogP contribution in [0.2, 0.25) is 0 Å². The van der Waals surface area contributed by atoms with Crippen LogP contribution in [0.3, 0.4) is 0 Å². The molecule has 0 spiro atoms. The minimum atomic E-state index is -0.0148. The maximum atomic E-state index is 13.2. The predicted molar refractivity (Wildman–Crippen MR) is 58.9 cm³/mol. The largest absolute Gasteiger partial charge is 0.207 e. The van der Waals surface area contributed by atoms with E-state index in [0.29, 0.717) is 5.92 Å². The summed E-state index contributed by atoms with van der Waals surface area (Å²) in [5.41, 5.74) is 2.17. The standard InChI is InChI=1S/C11H13F.C2H6/c1-8-5-6-9-3-2-4-11(12)10(9)7-8;1-2/h2-4,8H,5-7H2,1H3;1-2H3. The third-order valence-electron chi connectivity index (χ3n) is 2.67. The molecular weight excluding hydrogens is 175 g/mol. The maximum Gasteiger partial charge on any atom is 0.126 e. The Morgan fingerprint density at radius 3 is 2.71 bits per heavy atom. The van der Waals surface area contributed by atoms with Crippen molar-refractivity contribution >= 4 is 0 Å². The molecule has 0 saturated heterocycles. The molecule has 0 aliphatic heterocycles. The van der Waals surface area contributed by atoms with Gasteiger partial charge in [-0.05, 0) is 42.4 Å². The fourth-order valence-electron chi connectivity index (χ4n) is 1.92. The molecule has 1 aliphatic carbocycles. The smallest absolute Gasteiger partial charge is 0.126 e. The Morgan fingerprint density at radius 2 is 2.00 bits per heavy atom. The molecule has 0 nitrogen and oxygen atoms in total. The van der Waals surface area contributed by atoms with E-state index in [4.69, 9.17) is 0 Å². The number of hydrogen-bond acceptors (Lipinski definition) is 0. The first-order valence-corrected chi connectivity index (χ1v) is 5.53. The number of rotatable bonds is 0. The normalized spacial score (nSPS) is 19.3. The Balaban J connectivity index is 0.000000461. The van der Waals surface area contributed by atoms with Gasteiger partial charge in [-0.2, -0.15) is 0 Å². The second kappa shape index (κ2) is 5.14. The number of halogens is 1. The second-order valence-corrected chi connectivity index (χ2v) is 3.73. The molecule has 14 heavy (non-hydrogen) atoms. The summed E-state index contributed by atoms with van der Waals surface area (Å²) in [5, 5.41) is 0. The Labute approximate surface area is 86.2 Å². The number of fused-ring (bicyclic) bond motifs is 1. The van der Waals surface area contributed by atoms with E-state index in [0.717, 1.165) is 18.4 Å². The van der Waals surface area contributed by atoms with Gasteiger partial charge in [-0.3, -0.25) is 0 Å². The summed E-state index contributed by atoms with van der Waals surface area (Å²) in [7, 11) is 0. The molecule has 0 saturated carbocycles. The molecule has 1 aromatic carbocycles. The van der Waals surface area contributed by atoms with Crippen molar-refractivity contribution in [1.82, 2.24) is 0 Å². The van der Waals surface area contributed by atoms with Gasteiger partial charge in [0.1, 0.15) is 5.82 Å². The van der Waals surface area contributed by atoms with Crippen molar-refractivity contribution in [1.29, 1.82) is 0 Å². The molecule has 2 rings (SSSR count). The van der Waals surface area contributed by atoms with Crippen LogP contribution in [0.15, 0.2) is 18.2 Å². The van der Waals surface area contributed by atoms with E-state index in [1.165, 1.54) is 12.0 Å². The zero-order chi connectivity index (χ0) is 10.6. The monoisotopic (exact) mass is 194 g/mol. The Hall–Kier alpha value is -0.850. The molecule has 0 N–H and O–H groups in total. The van der Waals surface area contributed by atoms with Crippen molar-refractivity contribution < 1.29 is 4.39 Å². The fourth-order valence-corrected chi connectivity index (χ4v) is 1.92. The molecule has 0 heterocycles. The summed E-state index contributed by atoms with van der Waals surface area (Å²) in [5.74, 6) is 0.633. The third kappa shape index (κ3) is 2.34. The van der Waals surface area contributed by atoms with Gasteiger partial charge in [-0.15, -0.1) is 0 Å². The van der Waals surface area contributed by atoms with Crippen LogP contribution >= 0.6 is 0 Å². The minimum Gasteiger partial charge on any atom is -0.207 e. The summed E-state index contributed by atoms with van der Waals surface area (Å²) in [4.78, 5) is 0. The van der Waals surface area contributed by atoms with E-state index in [9.17, 15) is 4.39 Å². The number of benzene rings is 1. The average Bonchev–Trinajstić information content (AvgIpc) is 2.22. The van der Waals surface area contributed by atoms with Crippen molar-refractivity contribution in [2.75, 3.05) is 0 Å². The first-order valence-electron chi connectivity index (χ1n) is 5.53. The van der Waals surface area contributed by atoms with Gasteiger partial charge in [0.05, 0.1) is 0 Å². The molecule has 1 atom stereocenters. The van der Waals surface area contributed by atoms with Gasteiger partial charge in [0.15, 0.2) is 0 Å². The fraction of sp³-hybridized carbons (Fsp3) is 0.538. The molecule has 78 valence electrons. The van der Waals surface area contributed by atoms with Crippen molar-refractivity contribution in [2.24, 2.45) is 5.92 Å². The first kappa shape index (κ1) is 11.2. The van der Waals surface area contributed by atoms with E-state index < -0.39 is 0 Å². The average molecular weight is 194 g/mol. The molecule has 0 bridgehead atoms. The Bertz CT molecular complexity index is 291. The number of hydrogen-bond donors (Lipinski definition) is 0. The van der Waals surface area contributed by atoms with Crippen LogP contribution in [0.4, 0.5) is 4.39 Å². The van der Waals surface area contributed by atoms with Crippen LogP contribution in [-0.2, 0) is 12.8 Å². The van der Waals surface area contributed by atoms with Crippen molar-refractivity contribution in [3.63, 3.8) is 0 Å². The Kier molecular flexibility index (Phi) is 4.12. The quantitative estimate of drug-likeness (QED) is 0.586. The predicted octanol–water partition coefficient (Wildman–Crippen LogP) is 3.98. The lowest BCUT2D eigenvalue weighted by molar-refractivity contribution is 0.478. The first-order chi connectivity index (χ1) is 6.77. The van der Waals surface area contributed by atoms with Gasteiger partial charge in [0.2, 0.25) is 0 Å².